The van der Waals surface area contributed by atoms with E-state index < -0.39 is 0 Å². The lowest BCUT2D eigenvalue weighted by Crippen LogP contribution is -2.16. The van der Waals surface area contributed by atoms with Gasteiger partial charge in [-0.25, -0.2) is 0 Å². The number of aromatic nitrogens is 3. The molecule has 0 amide bonds. The van der Waals surface area contributed by atoms with Crippen molar-refractivity contribution in [1.82, 2.24) is 15.0 Å². The Morgan fingerprint density at radius 2 is 1.86 bits per heavy atom. The maximum atomic E-state index is 5.69. The quantitative estimate of drug-likeness (QED) is 0.657. The fourth-order valence-corrected chi connectivity index (χ4v) is 1.01. The number of nitrogens with zero attached hydrogens (tertiary/aromatic N) is 3. The molecule has 1 aromatic rings. The average molecular weight is 217 g/mol. The molecule has 78 valence electrons. The van der Waals surface area contributed by atoms with Gasteiger partial charge in [-0.1, -0.05) is 0 Å². The van der Waals surface area contributed by atoms with E-state index >= 15 is 0 Å². The second-order valence-electron chi connectivity index (χ2n) is 2.50. The van der Waals surface area contributed by atoms with E-state index in [2.05, 4.69) is 25.6 Å². The van der Waals surface area contributed by atoms with Gasteiger partial charge in [0.15, 0.2) is 0 Å². The van der Waals surface area contributed by atoms with Crippen LogP contribution in [0, 0.1) is 0 Å². The Kier molecular flexibility index (Phi) is 4.34. The number of anilines is 2. The summed E-state index contributed by atoms with van der Waals surface area (Å²) in [5.41, 5.74) is 5.33. The minimum absolute atomic E-state index is 0.162. The van der Waals surface area contributed by atoms with Gasteiger partial charge in [0.2, 0.25) is 17.2 Å². The molecule has 14 heavy (non-hydrogen) atoms. The summed E-state index contributed by atoms with van der Waals surface area (Å²) in [6, 6.07) is 0. The first kappa shape index (κ1) is 10.9. The lowest BCUT2D eigenvalue weighted by Gasteiger charge is -2.05. The van der Waals surface area contributed by atoms with Gasteiger partial charge in [-0.05, 0) is 18.5 Å². The Balaban J connectivity index is 2.73. The third-order valence-corrected chi connectivity index (χ3v) is 1.54. The zero-order valence-corrected chi connectivity index (χ0v) is 8.67. The van der Waals surface area contributed by atoms with Gasteiger partial charge in [-0.3, -0.25) is 0 Å². The number of hydrogen-bond donors (Lipinski definition) is 3. The second-order valence-corrected chi connectivity index (χ2v) is 2.84. The molecule has 4 N–H and O–H groups in total. The minimum atomic E-state index is 0.162. The fourth-order valence-electron chi connectivity index (χ4n) is 0.850. The Labute approximate surface area is 87.3 Å². The van der Waals surface area contributed by atoms with Gasteiger partial charge in [0.05, 0.1) is 0 Å². The lowest BCUT2D eigenvalue weighted by atomic mass is 10.6. The smallest absolute Gasteiger partial charge is 0.228 e. The fraction of sp³-hybridized carbons (Fsp3) is 0.571. The largest absolute Gasteiger partial charge is 0.354 e. The van der Waals surface area contributed by atoms with Crippen molar-refractivity contribution in [3.63, 3.8) is 0 Å². The monoisotopic (exact) mass is 216 g/mol. The molecule has 0 bridgehead atoms. The zero-order valence-electron chi connectivity index (χ0n) is 7.92. The van der Waals surface area contributed by atoms with Gasteiger partial charge in [-0.2, -0.15) is 15.0 Å². The third kappa shape index (κ3) is 3.31. The van der Waals surface area contributed by atoms with Crippen LogP contribution in [0.2, 0.25) is 5.28 Å². The van der Waals surface area contributed by atoms with Crippen LogP contribution in [0.15, 0.2) is 0 Å². The summed E-state index contributed by atoms with van der Waals surface area (Å²) in [6.07, 6.45) is 0. The van der Waals surface area contributed by atoms with Crippen molar-refractivity contribution in [3.8, 4) is 0 Å². The van der Waals surface area contributed by atoms with Crippen molar-refractivity contribution in [2.75, 3.05) is 30.3 Å². The van der Waals surface area contributed by atoms with Crippen LogP contribution in [0.4, 0.5) is 11.9 Å². The van der Waals surface area contributed by atoms with Gasteiger partial charge in [0, 0.05) is 19.6 Å². The lowest BCUT2D eigenvalue weighted by molar-refractivity contribution is 0.961. The van der Waals surface area contributed by atoms with Gasteiger partial charge in [0.25, 0.3) is 0 Å². The predicted molar refractivity (Wildman–Crippen MR) is 56.5 cm³/mol. The molecule has 1 rings (SSSR count). The molecular formula is C7H13ClN6. The van der Waals surface area contributed by atoms with Crippen molar-refractivity contribution in [3.05, 3.63) is 5.28 Å². The van der Waals surface area contributed by atoms with E-state index in [1.54, 1.807) is 0 Å². The van der Waals surface area contributed by atoms with Crippen LogP contribution in [0.25, 0.3) is 0 Å². The molecule has 0 unspecified atom stereocenters. The topological polar surface area (TPSA) is 88.8 Å². The summed E-state index contributed by atoms with van der Waals surface area (Å²) in [5, 5.41) is 6.03. The Morgan fingerprint density at radius 3 is 2.43 bits per heavy atom. The van der Waals surface area contributed by atoms with Gasteiger partial charge in [-0.15, -0.1) is 0 Å². The molecule has 0 atom stereocenters. The highest BCUT2D eigenvalue weighted by molar-refractivity contribution is 6.28. The van der Waals surface area contributed by atoms with E-state index in [9.17, 15) is 0 Å². The number of nitrogens with one attached hydrogen (secondary N) is 2. The molecule has 0 spiro atoms. The number of hydrogen-bond acceptors (Lipinski definition) is 6. The van der Waals surface area contributed by atoms with Crippen molar-refractivity contribution >= 4 is 23.5 Å². The van der Waals surface area contributed by atoms with Crippen LogP contribution in [0.1, 0.15) is 6.92 Å². The van der Waals surface area contributed by atoms with E-state index in [0.29, 0.717) is 25.0 Å². The van der Waals surface area contributed by atoms with Crippen molar-refractivity contribution < 1.29 is 0 Å². The van der Waals surface area contributed by atoms with E-state index in [1.807, 2.05) is 6.92 Å². The summed E-state index contributed by atoms with van der Waals surface area (Å²) < 4.78 is 0. The molecule has 6 nitrogen and oxygen atoms in total. The average Bonchev–Trinajstić information content (AvgIpc) is 2.14. The predicted octanol–water partition coefficient (Wildman–Crippen LogP) is 0.327. The summed E-state index contributed by atoms with van der Waals surface area (Å²) in [7, 11) is 0. The van der Waals surface area contributed by atoms with Crippen LogP contribution in [0.5, 0.6) is 0 Å². The van der Waals surface area contributed by atoms with E-state index in [4.69, 9.17) is 17.3 Å². The number of rotatable bonds is 5. The Hall–Kier alpha value is -1.14. The van der Waals surface area contributed by atoms with E-state index in [1.165, 1.54) is 0 Å². The summed E-state index contributed by atoms with van der Waals surface area (Å²) >= 11 is 5.69. The number of nitrogens with two attached hydrogens (primary N) is 1. The van der Waals surface area contributed by atoms with Gasteiger partial charge >= 0.3 is 0 Å². The van der Waals surface area contributed by atoms with Crippen LogP contribution < -0.4 is 16.4 Å². The zero-order chi connectivity index (χ0) is 10.4. The number of halogens is 1. The molecule has 1 aromatic heterocycles. The summed E-state index contributed by atoms with van der Waals surface area (Å²) in [6.45, 7) is 3.80. The maximum absolute atomic E-state index is 5.69. The standard InChI is InChI=1S/C7H13ClN6/c1-2-10-6-12-5(8)13-7(14-6)11-4-3-9/h2-4,9H2,1H3,(H2,10,11,12,13,14). The molecule has 0 fully saturated rings. The molecule has 0 saturated carbocycles. The Morgan fingerprint density at radius 1 is 1.21 bits per heavy atom. The first-order valence-electron chi connectivity index (χ1n) is 4.35. The highest BCUT2D eigenvalue weighted by Crippen LogP contribution is 2.08. The molecule has 0 aliphatic heterocycles. The first-order valence-corrected chi connectivity index (χ1v) is 4.73. The molecule has 0 radical (unpaired) electrons. The van der Waals surface area contributed by atoms with E-state index in [-0.39, 0.29) is 5.28 Å². The second kappa shape index (κ2) is 5.56. The van der Waals surface area contributed by atoms with Gasteiger partial charge in [0.1, 0.15) is 0 Å². The first-order chi connectivity index (χ1) is 6.76. The summed E-state index contributed by atoms with van der Waals surface area (Å²) in [4.78, 5) is 11.9. The Bertz CT molecular complexity index is 292. The molecule has 0 saturated heterocycles. The minimum Gasteiger partial charge on any atom is -0.354 e. The van der Waals surface area contributed by atoms with Crippen LogP contribution in [0.3, 0.4) is 0 Å². The highest BCUT2D eigenvalue weighted by atomic mass is 35.5. The maximum Gasteiger partial charge on any atom is 0.228 e. The normalized spacial score (nSPS) is 9.93. The third-order valence-electron chi connectivity index (χ3n) is 1.37. The molecule has 0 aromatic carbocycles. The van der Waals surface area contributed by atoms with Crippen molar-refractivity contribution in [2.45, 2.75) is 6.92 Å². The summed E-state index contributed by atoms with van der Waals surface area (Å²) in [5.74, 6) is 0.901. The van der Waals surface area contributed by atoms with Crippen LogP contribution in [-0.2, 0) is 0 Å². The molecular weight excluding hydrogens is 204 g/mol. The van der Waals surface area contributed by atoms with Crippen LogP contribution in [-0.4, -0.2) is 34.6 Å². The van der Waals surface area contributed by atoms with Crippen molar-refractivity contribution in [1.29, 1.82) is 0 Å². The SMILES string of the molecule is CCNc1nc(Cl)nc(NCCN)n1. The van der Waals surface area contributed by atoms with Crippen LogP contribution >= 0.6 is 11.6 Å². The molecule has 0 aliphatic carbocycles. The molecule has 1 heterocycles. The van der Waals surface area contributed by atoms with Crippen molar-refractivity contribution in [2.24, 2.45) is 5.73 Å². The molecule has 7 heteroatoms. The molecule has 0 aliphatic rings. The van der Waals surface area contributed by atoms with Gasteiger partial charge < -0.3 is 16.4 Å². The van der Waals surface area contributed by atoms with E-state index in [0.717, 1.165) is 6.54 Å². The highest BCUT2D eigenvalue weighted by Gasteiger charge is 2.02.